The molecule has 15 aromatic rings. The first-order chi connectivity index (χ1) is 53.6. The van der Waals surface area contributed by atoms with Crippen molar-refractivity contribution in [2.45, 2.75) is 29.1 Å². The molecule has 0 radical (unpaired) electrons. The Bertz CT molecular complexity index is 6270. The topological polar surface area (TPSA) is 181 Å². The van der Waals surface area contributed by atoms with Gasteiger partial charge in [-0.15, -0.1) is 0 Å². The number of ether oxygens (including phenoxy) is 1. The van der Waals surface area contributed by atoms with Gasteiger partial charge in [0.05, 0.1) is 94.4 Å². The maximum Gasteiger partial charge on any atom is 0.269 e. The predicted molar refractivity (Wildman–Crippen MR) is 408 cm³/mol. The molecule has 0 saturated heterocycles. The number of para-hydroxylation sites is 8. The molecule has 0 unspecified atom stereocenters. The van der Waals surface area contributed by atoms with E-state index in [0.717, 1.165) is 43.7 Å². The minimum Gasteiger partial charge on any atom is -0.453 e. The Morgan fingerprint density at radius 3 is 0.909 bits per heavy atom. The molecular weight excluding hydrogens is 1420 g/mol. The maximum absolute atomic E-state index is 14.8. The number of hydrogen-bond donors (Lipinski definition) is 0. The lowest BCUT2D eigenvalue weighted by molar-refractivity contribution is 0.459. The molecular formula is C87H45F6N15OS. The lowest BCUT2D eigenvalue weighted by Crippen LogP contribution is -2.30. The SMILES string of the molecule is [C-]#[N+]c1c(C#N)c(-c2ccccc2)c2nc(F)c(F)nc2c1N1c2ccccc2C(C)(C)c2ccccc21.[C-]#[N+]c1c(C#N)c(-c2ccccc2)c2nc(F)c(F)nc2c1N1c2ccccc2Oc2ccccc21.[C-]#[N+]c1c(C#N)c(-c2ccccc2)c2nc(F)c(F)nc2c1N1c2ccccc2Sc2ccccc21. The summed E-state index contributed by atoms with van der Waals surface area (Å²) < 4.78 is 93.6. The molecule has 0 saturated carbocycles. The van der Waals surface area contributed by atoms with Gasteiger partial charge in [-0.2, -0.15) is 42.1 Å². The van der Waals surface area contributed by atoms with E-state index < -0.39 is 35.7 Å². The molecule has 0 atom stereocenters. The number of aromatic nitrogens is 6. The molecule has 23 heteroatoms. The Hall–Kier alpha value is -15.3. The summed E-state index contributed by atoms with van der Waals surface area (Å²) in [5, 5.41) is 30.8. The van der Waals surface area contributed by atoms with Gasteiger partial charge >= 0.3 is 0 Å². The predicted octanol–water partition coefficient (Wildman–Crippen LogP) is 23.6. The maximum atomic E-state index is 14.8. The summed E-state index contributed by atoms with van der Waals surface area (Å²) in [6.45, 7) is 28.5. The third-order valence-corrected chi connectivity index (χ3v) is 20.1. The van der Waals surface area contributed by atoms with Crippen molar-refractivity contribution < 1.29 is 31.1 Å². The molecule has 0 fully saturated rings. The fourth-order valence-corrected chi connectivity index (χ4v) is 15.4. The van der Waals surface area contributed by atoms with Gasteiger partial charge in [-0.3, -0.25) is 0 Å². The van der Waals surface area contributed by atoms with Gasteiger partial charge < -0.3 is 19.4 Å². The number of benzene rings is 12. The first-order valence-electron chi connectivity index (χ1n) is 33.6. The van der Waals surface area contributed by atoms with Crippen LogP contribution in [0.25, 0.3) is 81.0 Å². The second-order valence-corrected chi connectivity index (χ2v) is 26.4. The Labute approximate surface area is 627 Å². The minimum absolute atomic E-state index is 0.00272. The highest BCUT2D eigenvalue weighted by molar-refractivity contribution is 7.99. The van der Waals surface area contributed by atoms with Crippen LogP contribution >= 0.6 is 11.8 Å². The van der Waals surface area contributed by atoms with E-state index in [1.54, 1.807) is 161 Å². The fraction of sp³-hybridized carbons (Fsp3) is 0.0345. The molecule has 0 aliphatic carbocycles. The molecule has 3 aliphatic heterocycles. The molecule has 0 amide bonds. The van der Waals surface area contributed by atoms with Crippen molar-refractivity contribution in [1.82, 2.24) is 29.9 Å². The zero-order valence-electron chi connectivity index (χ0n) is 57.3. The van der Waals surface area contributed by atoms with Crippen molar-refractivity contribution in [3.63, 3.8) is 0 Å². The number of fused-ring (bicyclic) bond motifs is 9. The highest BCUT2D eigenvalue weighted by Crippen LogP contribution is 2.60. The summed E-state index contributed by atoms with van der Waals surface area (Å²) in [6.07, 6.45) is 0. The summed E-state index contributed by atoms with van der Waals surface area (Å²) in [5.74, 6) is -7.33. The smallest absolute Gasteiger partial charge is 0.269 e. The lowest BCUT2D eigenvalue weighted by atomic mass is 9.73. The van der Waals surface area contributed by atoms with Gasteiger partial charge in [-0.25, -0.2) is 44.4 Å². The van der Waals surface area contributed by atoms with Crippen LogP contribution in [0.1, 0.15) is 41.7 Å². The monoisotopic (exact) mass is 1460 g/mol. The normalized spacial score (nSPS) is 12.4. The molecule has 0 N–H and O–H groups in total. The van der Waals surface area contributed by atoms with Gasteiger partial charge in [0.1, 0.15) is 33.1 Å². The molecule has 6 heterocycles. The Kier molecular flexibility index (Phi) is 17.6. The van der Waals surface area contributed by atoms with Crippen molar-refractivity contribution in [1.29, 1.82) is 15.8 Å². The minimum atomic E-state index is -1.40. The zero-order valence-corrected chi connectivity index (χ0v) is 58.1. The van der Waals surface area contributed by atoms with Crippen molar-refractivity contribution in [3.05, 3.63) is 334 Å². The second kappa shape index (κ2) is 28.0. The van der Waals surface area contributed by atoms with Crippen LogP contribution in [-0.4, -0.2) is 29.9 Å². The summed E-state index contributed by atoms with van der Waals surface area (Å²) in [5.41, 5.74) is 8.30. The van der Waals surface area contributed by atoms with Crippen molar-refractivity contribution >= 4 is 113 Å². The molecule has 3 aromatic heterocycles. The van der Waals surface area contributed by atoms with Crippen LogP contribution < -0.4 is 19.4 Å². The van der Waals surface area contributed by atoms with E-state index in [2.05, 4.69) is 76.5 Å². The van der Waals surface area contributed by atoms with E-state index in [0.29, 0.717) is 39.6 Å². The molecule has 0 spiro atoms. The van der Waals surface area contributed by atoms with E-state index in [-0.39, 0.29) is 106 Å². The number of nitrogens with zero attached hydrogens (tertiary/aromatic N) is 15. The van der Waals surface area contributed by atoms with Crippen LogP contribution in [0.15, 0.2) is 246 Å². The molecule has 0 bridgehead atoms. The van der Waals surface area contributed by atoms with Crippen molar-refractivity contribution in [2.24, 2.45) is 0 Å². The standard InChI is InChI=1S/C31H19F2N5.C28H13F2N5O.C28H13F2N5S/c1-31(2)20-13-7-9-15-22(20)38(23-16-10-8-14-21(23)31)28-25(35-3)19(17-34)24(18-11-5-4-6-12-18)26-27(28)37-30(33)29(32)36-26;2*1-32-23-17(15-31)22(16-9-3-2-4-10-16)24-25(34-28(30)27(29)33-24)26(23)35-18-11-5-7-13-20(18)36-21-14-8-6-12-19(21)35/h4-16H,1-2H3;2*2-14H. The highest BCUT2D eigenvalue weighted by Gasteiger charge is 2.41. The van der Waals surface area contributed by atoms with E-state index in [9.17, 15) is 42.1 Å². The van der Waals surface area contributed by atoms with Crippen LogP contribution in [-0.2, 0) is 5.41 Å². The van der Waals surface area contributed by atoms with E-state index >= 15 is 0 Å². The Balaban J connectivity index is 0.000000125. The quantitative estimate of drug-likeness (QED) is 0.113. The van der Waals surface area contributed by atoms with Crippen LogP contribution in [0.2, 0.25) is 0 Å². The van der Waals surface area contributed by atoms with E-state index in [1.807, 2.05) is 102 Å². The van der Waals surface area contributed by atoms with Gasteiger partial charge in [0.25, 0.3) is 35.7 Å². The van der Waals surface area contributed by atoms with Crippen LogP contribution in [0.3, 0.4) is 0 Å². The summed E-state index contributed by atoms with van der Waals surface area (Å²) in [7, 11) is 0. The van der Waals surface area contributed by atoms with Gasteiger partial charge in [0.2, 0.25) is 17.1 Å². The van der Waals surface area contributed by atoms with E-state index in [1.165, 1.54) is 0 Å². The first kappa shape index (κ1) is 69.1. The average Bonchev–Trinajstić information content (AvgIpc) is 0.730. The molecule has 12 aromatic carbocycles. The third kappa shape index (κ3) is 11.3. The largest absolute Gasteiger partial charge is 0.453 e. The molecule has 3 aliphatic rings. The van der Waals surface area contributed by atoms with Crippen LogP contribution in [0, 0.1) is 89.4 Å². The third-order valence-electron chi connectivity index (χ3n) is 19.0. The van der Waals surface area contributed by atoms with E-state index in [4.69, 9.17) is 24.5 Å². The molecule has 18 rings (SSSR count). The van der Waals surface area contributed by atoms with Crippen molar-refractivity contribution in [2.75, 3.05) is 14.7 Å². The van der Waals surface area contributed by atoms with Crippen molar-refractivity contribution in [3.8, 4) is 63.1 Å². The highest BCUT2D eigenvalue weighted by atomic mass is 32.2. The second-order valence-electron chi connectivity index (χ2n) is 25.4. The number of halogens is 6. The summed E-state index contributed by atoms with van der Waals surface area (Å²) in [6, 6.07) is 77.6. The summed E-state index contributed by atoms with van der Waals surface area (Å²) >= 11 is 1.56. The van der Waals surface area contributed by atoms with Gasteiger partial charge in [-0.05, 0) is 88.5 Å². The Morgan fingerprint density at radius 1 is 0.336 bits per heavy atom. The van der Waals surface area contributed by atoms with Crippen LogP contribution in [0.4, 0.5) is 94.6 Å². The number of nitriles is 3. The van der Waals surface area contributed by atoms with Crippen LogP contribution in [0.5, 0.6) is 11.5 Å². The zero-order chi connectivity index (χ0) is 76.2. The number of rotatable bonds is 6. The number of hydrogen-bond acceptors (Lipinski definition) is 14. The molecule has 110 heavy (non-hydrogen) atoms. The van der Waals surface area contributed by atoms with Gasteiger partial charge in [0.15, 0.2) is 11.5 Å². The molecule has 16 nitrogen and oxygen atoms in total. The van der Waals surface area contributed by atoms with Gasteiger partial charge in [-0.1, -0.05) is 202 Å². The van der Waals surface area contributed by atoms with Gasteiger partial charge in [0, 0.05) is 43.3 Å². The lowest BCUT2D eigenvalue weighted by Gasteiger charge is -2.42. The Morgan fingerprint density at radius 2 is 0.591 bits per heavy atom. The number of anilines is 9. The summed E-state index contributed by atoms with van der Waals surface area (Å²) in [4.78, 5) is 42.0. The first-order valence-corrected chi connectivity index (χ1v) is 34.4. The molecule has 522 valence electrons. The fourth-order valence-electron chi connectivity index (χ4n) is 14.4. The average molecular weight is 1460 g/mol.